The number of aliphatic carboxylic acids is 2. The summed E-state index contributed by atoms with van der Waals surface area (Å²) in [4.78, 5) is 34.1. The van der Waals surface area contributed by atoms with Crippen molar-refractivity contribution in [1.29, 1.82) is 0 Å². The van der Waals surface area contributed by atoms with Crippen molar-refractivity contribution in [2.24, 2.45) is 0 Å². The van der Waals surface area contributed by atoms with Crippen LogP contribution in [0.25, 0.3) is 0 Å². The van der Waals surface area contributed by atoms with Gasteiger partial charge >= 0.3 is 11.9 Å². The zero-order valence-corrected chi connectivity index (χ0v) is 11.3. The maximum absolute atomic E-state index is 12.0. The van der Waals surface area contributed by atoms with E-state index in [-0.39, 0.29) is 0 Å². The van der Waals surface area contributed by atoms with Gasteiger partial charge in [0.15, 0.2) is 0 Å². The second-order valence-corrected chi connectivity index (χ2v) is 4.59. The Balaban J connectivity index is 2.98. The number of benzene rings is 1. The molecule has 0 aliphatic carbocycles. The summed E-state index contributed by atoms with van der Waals surface area (Å²) in [5.41, 5.74) is 0.292. The van der Waals surface area contributed by atoms with E-state index in [1.54, 1.807) is 18.2 Å². The van der Waals surface area contributed by atoms with Gasteiger partial charge in [-0.2, -0.15) is 0 Å². The highest BCUT2D eigenvalue weighted by atomic mass is 127. The second-order valence-electron chi connectivity index (χ2n) is 3.43. The highest BCUT2D eigenvalue weighted by molar-refractivity contribution is 14.1. The molecule has 0 saturated heterocycles. The third-order valence-electron chi connectivity index (χ3n) is 2.04. The first-order valence-corrected chi connectivity index (χ1v) is 5.97. The lowest BCUT2D eigenvalue weighted by Crippen LogP contribution is -2.39. The van der Waals surface area contributed by atoms with Crippen molar-refractivity contribution in [2.45, 2.75) is 0 Å². The minimum Gasteiger partial charge on any atom is -0.480 e. The van der Waals surface area contributed by atoms with Crippen LogP contribution in [0.3, 0.4) is 0 Å². The standard InChI is InChI=1S/C11H10INO5/c12-8-4-2-1-3-7(8)11(18)13(5-9(14)15)6-10(16)17/h1-4H,5-6H2,(H,14,15)(H,16,17). The van der Waals surface area contributed by atoms with Crippen molar-refractivity contribution in [2.75, 3.05) is 13.1 Å². The molecule has 6 nitrogen and oxygen atoms in total. The lowest BCUT2D eigenvalue weighted by atomic mass is 10.2. The van der Waals surface area contributed by atoms with Crippen molar-refractivity contribution < 1.29 is 24.6 Å². The number of rotatable bonds is 5. The number of carboxylic acid groups (broad SMARTS) is 2. The van der Waals surface area contributed by atoms with Crippen LogP contribution in [-0.2, 0) is 9.59 Å². The summed E-state index contributed by atoms with van der Waals surface area (Å²) in [7, 11) is 0. The molecule has 0 bridgehead atoms. The van der Waals surface area contributed by atoms with Crippen molar-refractivity contribution in [1.82, 2.24) is 4.90 Å². The fraction of sp³-hybridized carbons (Fsp3) is 0.182. The van der Waals surface area contributed by atoms with Crippen LogP contribution in [0.2, 0.25) is 0 Å². The Bertz CT molecular complexity index is 472. The van der Waals surface area contributed by atoms with Gasteiger partial charge < -0.3 is 15.1 Å². The van der Waals surface area contributed by atoms with Gasteiger partial charge in [0, 0.05) is 3.57 Å². The number of hydrogen-bond acceptors (Lipinski definition) is 3. The maximum Gasteiger partial charge on any atom is 0.323 e. The van der Waals surface area contributed by atoms with E-state index >= 15 is 0 Å². The molecule has 18 heavy (non-hydrogen) atoms. The summed E-state index contributed by atoms with van der Waals surface area (Å²) in [6.07, 6.45) is 0. The van der Waals surface area contributed by atoms with Crippen molar-refractivity contribution >= 4 is 40.4 Å². The molecule has 1 rings (SSSR count). The molecule has 0 atom stereocenters. The van der Waals surface area contributed by atoms with Gasteiger partial charge in [-0.1, -0.05) is 12.1 Å². The summed E-state index contributed by atoms with van der Waals surface area (Å²) < 4.78 is 0.640. The Morgan fingerprint density at radius 3 is 2.00 bits per heavy atom. The largest absolute Gasteiger partial charge is 0.480 e. The smallest absolute Gasteiger partial charge is 0.323 e. The molecular weight excluding hydrogens is 353 g/mol. The van der Waals surface area contributed by atoms with E-state index in [9.17, 15) is 14.4 Å². The first kappa shape index (κ1) is 14.4. The number of amides is 1. The minimum atomic E-state index is -1.25. The van der Waals surface area contributed by atoms with Crippen LogP contribution in [-0.4, -0.2) is 46.0 Å². The Morgan fingerprint density at radius 2 is 1.56 bits per heavy atom. The normalized spacial score (nSPS) is 9.83. The number of carbonyl (C=O) groups is 3. The molecule has 96 valence electrons. The quantitative estimate of drug-likeness (QED) is 0.759. The summed E-state index contributed by atoms with van der Waals surface area (Å²) in [6.45, 7) is -1.29. The van der Waals surface area contributed by atoms with Crippen molar-refractivity contribution in [3.05, 3.63) is 33.4 Å². The van der Waals surface area contributed by atoms with Gasteiger partial charge in [0.25, 0.3) is 5.91 Å². The van der Waals surface area contributed by atoms with Gasteiger partial charge in [0.05, 0.1) is 5.56 Å². The number of hydrogen-bond donors (Lipinski definition) is 2. The van der Waals surface area contributed by atoms with Crippen LogP contribution >= 0.6 is 22.6 Å². The first-order chi connectivity index (χ1) is 8.41. The van der Waals surface area contributed by atoms with Crippen LogP contribution < -0.4 is 0 Å². The number of halogens is 1. The summed E-state index contributed by atoms with van der Waals surface area (Å²) in [5, 5.41) is 17.3. The third-order valence-corrected chi connectivity index (χ3v) is 2.98. The zero-order valence-electron chi connectivity index (χ0n) is 9.17. The summed E-state index contributed by atoms with van der Waals surface area (Å²) in [6, 6.07) is 6.58. The van der Waals surface area contributed by atoms with E-state index in [4.69, 9.17) is 10.2 Å². The lowest BCUT2D eigenvalue weighted by molar-refractivity contribution is -0.140. The fourth-order valence-corrected chi connectivity index (χ4v) is 1.95. The van der Waals surface area contributed by atoms with Crippen LogP contribution in [0.5, 0.6) is 0 Å². The molecule has 0 heterocycles. The van der Waals surface area contributed by atoms with E-state index in [1.807, 2.05) is 22.6 Å². The van der Waals surface area contributed by atoms with E-state index in [2.05, 4.69) is 0 Å². The van der Waals surface area contributed by atoms with E-state index in [0.29, 0.717) is 9.13 Å². The average Bonchev–Trinajstić information content (AvgIpc) is 2.26. The molecule has 0 fully saturated rings. The predicted octanol–water partition coefficient (Wildman–Crippen LogP) is 0.903. The molecular formula is C11H10INO5. The molecule has 1 aromatic rings. The molecule has 1 aromatic carbocycles. The van der Waals surface area contributed by atoms with Gasteiger partial charge in [-0.15, -0.1) is 0 Å². The van der Waals surface area contributed by atoms with Crippen LogP contribution in [0.1, 0.15) is 10.4 Å². The van der Waals surface area contributed by atoms with Crippen LogP contribution in [0, 0.1) is 3.57 Å². The molecule has 0 saturated carbocycles. The average molecular weight is 363 g/mol. The van der Waals surface area contributed by atoms with Crippen molar-refractivity contribution in [3.8, 4) is 0 Å². The van der Waals surface area contributed by atoms with E-state index < -0.39 is 30.9 Å². The number of carboxylic acids is 2. The molecule has 0 spiro atoms. The maximum atomic E-state index is 12.0. The van der Waals surface area contributed by atoms with Gasteiger partial charge in [-0.05, 0) is 34.7 Å². The molecule has 2 N–H and O–H groups in total. The Kier molecular flexibility index (Phi) is 5.08. The highest BCUT2D eigenvalue weighted by Crippen LogP contribution is 2.14. The second kappa shape index (κ2) is 6.34. The van der Waals surface area contributed by atoms with E-state index in [1.165, 1.54) is 6.07 Å². The van der Waals surface area contributed by atoms with Gasteiger partial charge in [0.2, 0.25) is 0 Å². The predicted molar refractivity (Wildman–Crippen MR) is 70.3 cm³/mol. The third kappa shape index (κ3) is 3.99. The molecule has 7 heteroatoms. The molecule has 0 aromatic heterocycles. The molecule has 0 unspecified atom stereocenters. The van der Waals surface area contributed by atoms with Crippen molar-refractivity contribution in [3.63, 3.8) is 0 Å². The molecule has 1 amide bonds. The topological polar surface area (TPSA) is 94.9 Å². The Labute approximate surface area is 116 Å². The Morgan fingerprint density at radius 1 is 1.06 bits per heavy atom. The minimum absolute atomic E-state index is 0.292. The molecule has 0 aliphatic rings. The molecule has 0 radical (unpaired) electrons. The molecule has 0 aliphatic heterocycles. The zero-order chi connectivity index (χ0) is 13.7. The van der Waals surface area contributed by atoms with E-state index in [0.717, 1.165) is 4.90 Å². The van der Waals surface area contributed by atoms with Crippen LogP contribution in [0.4, 0.5) is 0 Å². The van der Waals surface area contributed by atoms with Gasteiger partial charge in [0.1, 0.15) is 13.1 Å². The first-order valence-electron chi connectivity index (χ1n) is 4.89. The highest BCUT2D eigenvalue weighted by Gasteiger charge is 2.22. The van der Waals surface area contributed by atoms with Gasteiger partial charge in [-0.25, -0.2) is 0 Å². The summed E-state index contributed by atoms with van der Waals surface area (Å²) >= 11 is 1.93. The van der Waals surface area contributed by atoms with Gasteiger partial charge in [-0.3, -0.25) is 14.4 Å². The number of carbonyl (C=O) groups excluding carboxylic acids is 1. The number of nitrogens with zero attached hydrogens (tertiary/aromatic N) is 1. The summed E-state index contributed by atoms with van der Waals surface area (Å²) in [5.74, 6) is -3.11. The van der Waals surface area contributed by atoms with Crippen LogP contribution in [0.15, 0.2) is 24.3 Å². The SMILES string of the molecule is O=C(O)CN(CC(=O)O)C(=O)c1ccccc1I. The Hall–Kier alpha value is -1.64. The monoisotopic (exact) mass is 363 g/mol. The lowest BCUT2D eigenvalue weighted by Gasteiger charge is -2.19. The fourth-order valence-electron chi connectivity index (χ4n) is 1.33.